The molecule has 0 heterocycles. The molecule has 2 saturated carbocycles. The molecule has 0 radical (unpaired) electrons. The second-order valence-electron chi connectivity index (χ2n) is 5.58. The largest absolute Gasteiger partial charge is 0.481 e. The van der Waals surface area contributed by atoms with Crippen LogP contribution in [0, 0.1) is 17.3 Å². The monoisotopic (exact) mass is 210 g/mol. The van der Waals surface area contributed by atoms with Gasteiger partial charge >= 0.3 is 5.97 Å². The topological polar surface area (TPSA) is 37.3 Å². The van der Waals surface area contributed by atoms with Crippen molar-refractivity contribution in [2.45, 2.75) is 58.3 Å². The van der Waals surface area contributed by atoms with E-state index >= 15 is 0 Å². The van der Waals surface area contributed by atoms with E-state index in [9.17, 15) is 9.90 Å². The predicted octanol–water partition coefficient (Wildman–Crippen LogP) is 3.46. The van der Waals surface area contributed by atoms with Crippen molar-refractivity contribution in [2.75, 3.05) is 0 Å². The van der Waals surface area contributed by atoms with Gasteiger partial charge in [-0.3, -0.25) is 4.79 Å². The second-order valence-corrected chi connectivity index (χ2v) is 5.58. The Hall–Kier alpha value is -0.530. The lowest BCUT2D eigenvalue weighted by atomic mass is 9.80. The minimum absolute atomic E-state index is 0.344. The molecular weight excluding hydrogens is 188 g/mol. The molecule has 0 saturated heterocycles. The van der Waals surface area contributed by atoms with Gasteiger partial charge in [0.25, 0.3) is 0 Å². The maximum absolute atomic E-state index is 11.4. The molecule has 86 valence electrons. The number of rotatable bonds is 5. The van der Waals surface area contributed by atoms with E-state index in [0.29, 0.717) is 5.92 Å². The number of carboxylic acid groups (broad SMARTS) is 1. The van der Waals surface area contributed by atoms with Crippen LogP contribution in [0.15, 0.2) is 0 Å². The molecule has 2 unspecified atom stereocenters. The molecule has 0 aliphatic heterocycles. The molecule has 2 heteroatoms. The summed E-state index contributed by atoms with van der Waals surface area (Å²) in [5.74, 6) is 1.00. The summed E-state index contributed by atoms with van der Waals surface area (Å²) < 4.78 is 0. The molecule has 15 heavy (non-hydrogen) atoms. The Bertz CT molecular complexity index is 245. The first-order valence-corrected chi connectivity index (χ1v) is 6.39. The first kappa shape index (κ1) is 11.0. The fraction of sp³-hybridized carbons (Fsp3) is 0.923. The minimum atomic E-state index is -0.529. The number of hydrogen-bond acceptors (Lipinski definition) is 1. The third-order valence-corrected chi connectivity index (χ3v) is 4.47. The molecular formula is C13H22O2. The van der Waals surface area contributed by atoms with Crippen LogP contribution in [0.3, 0.4) is 0 Å². The lowest BCUT2D eigenvalue weighted by Crippen LogP contribution is -2.28. The summed E-state index contributed by atoms with van der Waals surface area (Å²) in [5.41, 5.74) is -0.344. The van der Waals surface area contributed by atoms with Gasteiger partial charge in [-0.25, -0.2) is 0 Å². The van der Waals surface area contributed by atoms with Crippen molar-refractivity contribution in [3.05, 3.63) is 0 Å². The van der Waals surface area contributed by atoms with Crippen LogP contribution in [0.2, 0.25) is 0 Å². The molecule has 0 spiro atoms. The van der Waals surface area contributed by atoms with Gasteiger partial charge in [0.05, 0.1) is 5.41 Å². The fourth-order valence-corrected chi connectivity index (χ4v) is 3.00. The van der Waals surface area contributed by atoms with Gasteiger partial charge in [0.15, 0.2) is 0 Å². The lowest BCUT2D eigenvalue weighted by Gasteiger charge is -2.24. The maximum atomic E-state index is 11.4. The average Bonchev–Trinajstić information content (AvgIpc) is 2.95. The molecule has 2 atom stereocenters. The third kappa shape index (κ3) is 2.35. The van der Waals surface area contributed by atoms with E-state index in [1.165, 1.54) is 12.8 Å². The van der Waals surface area contributed by atoms with Gasteiger partial charge in [-0.1, -0.05) is 26.2 Å². The van der Waals surface area contributed by atoms with E-state index in [0.717, 1.165) is 44.4 Å². The normalized spacial score (nSPS) is 35.7. The number of hydrogen-bond donors (Lipinski definition) is 1. The van der Waals surface area contributed by atoms with Crippen LogP contribution < -0.4 is 0 Å². The van der Waals surface area contributed by atoms with Gasteiger partial charge in [-0.05, 0) is 43.9 Å². The maximum Gasteiger partial charge on any atom is 0.309 e. The average molecular weight is 210 g/mol. The first-order valence-electron chi connectivity index (χ1n) is 6.39. The Morgan fingerprint density at radius 3 is 2.53 bits per heavy atom. The molecule has 0 aromatic carbocycles. The molecule has 2 fully saturated rings. The molecule has 2 aliphatic carbocycles. The number of aliphatic carboxylic acids is 1. The molecule has 2 aliphatic rings. The minimum Gasteiger partial charge on any atom is -0.481 e. The Morgan fingerprint density at radius 1 is 1.33 bits per heavy atom. The van der Waals surface area contributed by atoms with Gasteiger partial charge in [0.1, 0.15) is 0 Å². The van der Waals surface area contributed by atoms with Crippen molar-refractivity contribution in [3.8, 4) is 0 Å². The van der Waals surface area contributed by atoms with Gasteiger partial charge < -0.3 is 5.11 Å². The summed E-state index contributed by atoms with van der Waals surface area (Å²) in [5, 5.41) is 9.41. The van der Waals surface area contributed by atoms with Crippen LogP contribution in [-0.4, -0.2) is 11.1 Å². The zero-order chi connectivity index (χ0) is 10.9. The highest BCUT2D eigenvalue weighted by atomic mass is 16.4. The van der Waals surface area contributed by atoms with E-state index in [-0.39, 0.29) is 5.41 Å². The van der Waals surface area contributed by atoms with Crippen LogP contribution in [0.5, 0.6) is 0 Å². The van der Waals surface area contributed by atoms with E-state index in [1.54, 1.807) is 0 Å². The van der Waals surface area contributed by atoms with Crippen LogP contribution >= 0.6 is 0 Å². The number of carbonyl (C=O) groups is 1. The van der Waals surface area contributed by atoms with Crippen molar-refractivity contribution in [2.24, 2.45) is 17.3 Å². The molecule has 0 bridgehead atoms. The van der Waals surface area contributed by atoms with Gasteiger partial charge in [0, 0.05) is 0 Å². The lowest BCUT2D eigenvalue weighted by molar-refractivity contribution is -0.149. The summed E-state index contributed by atoms with van der Waals surface area (Å²) in [6, 6.07) is 0. The summed E-state index contributed by atoms with van der Waals surface area (Å²) in [7, 11) is 0. The van der Waals surface area contributed by atoms with Crippen LogP contribution in [0.4, 0.5) is 0 Å². The van der Waals surface area contributed by atoms with Crippen molar-refractivity contribution >= 4 is 5.97 Å². The van der Waals surface area contributed by atoms with Crippen LogP contribution in [0.1, 0.15) is 58.3 Å². The SMILES string of the molecule is CCC1CCC(CCC2CC2)(C(=O)O)C1. The zero-order valence-corrected chi connectivity index (χ0v) is 9.67. The summed E-state index contributed by atoms with van der Waals surface area (Å²) in [6.07, 6.45) is 8.91. The Morgan fingerprint density at radius 2 is 2.07 bits per heavy atom. The van der Waals surface area contributed by atoms with Gasteiger partial charge in [-0.2, -0.15) is 0 Å². The molecule has 0 amide bonds. The van der Waals surface area contributed by atoms with Crippen molar-refractivity contribution in [3.63, 3.8) is 0 Å². The standard InChI is InChI=1S/C13H22O2/c1-2-10-5-7-13(9-10,12(14)15)8-6-11-3-4-11/h10-11H,2-9H2,1H3,(H,14,15). The summed E-state index contributed by atoms with van der Waals surface area (Å²) in [4.78, 5) is 11.4. The highest BCUT2D eigenvalue weighted by Gasteiger charge is 2.45. The molecule has 2 rings (SSSR count). The van der Waals surface area contributed by atoms with E-state index in [4.69, 9.17) is 0 Å². The van der Waals surface area contributed by atoms with Crippen molar-refractivity contribution in [1.82, 2.24) is 0 Å². The van der Waals surface area contributed by atoms with E-state index < -0.39 is 5.97 Å². The third-order valence-electron chi connectivity index (χ3n) is 4.47. The Balaban J connectivity index is 1.94. The molecule has 0 aromatic heterocycles. The molecule has 1 N–H and O–H groups in total. The van der Waals surface area contributed by atoms with Crippen LogP contribution in [-0.2, 0) is 4.79 Å². The van der Waals surface area contributed by atoms with Crippen molar-refractivity contribution in [1.29, 1.82) is 0 Å². The first-order chi connectivity index (χ1) is 7.16. The fourth-order valence-electron chi connectivity index (χ4n) is 3.00. The quantitative estimate of drug-likeness (QED) is 0.754. The predicted molar refractivity (Wildman–Crippen MR) is 59.7 cm³/mol. The van der Waals surface area contributed by atoms with E-state index in [1.807, 2.05) is 0 Å². The van der Waals surface area contributed by atoms with Gasteiger partial charge in [-0.15, -0.1) is 0 Å². The molecule has 0 aromatic rings. The zero-order valence-electron chi connectivity index (χ0n) is 9.67. The molecule has 2 nitrogen and oxygen atoms in total. The Labute approximate surface area is 92.1 Å². The number of carboxylic acids is 1. The van der Waals surface area contributed by atoms with Crippen molar-refractivity contribution < 1.29 is 9.90 Å². The summed E-state index contributed by atoms with van der Waals surface area (Å²) >= 11 is 0. The smallest absolute Gasteiger partial charge is 0.309 e. The highest BCUT2D eigenvalue weighted by molar-refractivity contribution is 5.75. The highest BCUT2D eigenvalue weighted by Crippen LogP contribution is 2.48. The Kier molecular flexibility index (Phi) is 3.03. The van der Waals surface area contributed by atoms with Gasteiger partial charge in [0.2, 0.25) is 0 Å². The second kappa shape index (κ2) is 4.15. The summed E-state index contributed by atoms with van der Waals surface area (Å²) in [6.45, 7) is 2.18. The van der Waals surface area contributed by atoms with Crippen LogP contribution in [0.25, 0.3) is 0 Å². The van der Waals surface area contributed by atoms with E-state index in [2.05, 4.69) is 6.92 Å².